The number of phenols is 1. The minimum atomic E-state index is -3.04. The zero-order valence-corrected chi connectivity index (χ0v) is 16.0. The van der Waals surface area contributed by atoms with Gasteiger partial charge in [0.15, 0.2) is 16.4 Å². The number of benzene rings is 1. The third-order valence-electron chi connectivity index (χ3n) is 4.77. The number of aryl methyl sites for hydroxylation is 1. The van der Waals surface area contributed by atoms with Crippen molar-refractivity contribution in [2.24, 2.45) is 0 Å². The Labute approximate surface area is 157 Å². The Morgan fingerprint density at radius 3 is 2.63 bits per heavy atom. The van der Waals surface area contributed by atoms with Gasteiger partial charge >= 0.3 is 5.97 Å². The van der Waals surface area contributed by atoms with Gasteiger partial charge in [0.05, 0.1) is 17.1 Å². The number of esters is 1. The number of rotatable bonds is 5. The van der Waals surface area contributed by atoms with Gasteiger partial charge in [-0.25, -0.2) is 13.2 Å². The Bertz CT molecular complexity index is 1010. The molecule has 0 radical (unpaired) electrons. The summed E-state index contributed by atoms with van der Waals surface area (Å²) in [6.07, 6.45) is 0.527. The lowest BCUT2D eigenvalue weighted by Crippen LogP contribution is -2.17. The molecular weight excluding hydrogens is 370 g/mol. The molecule has 0 bridgehead atoms. The highest BCUT2D eigenvalue weighted by Gasteiger charge is 2.31. The number of sulfone groups is 1. The maximum absolute atomic E-state index is 12.5. The Balaban J connectivity index is 1.72. The predicted molar refractivity (Wildman–Crippen MR) is 98.9 cm³/mol. The van der Waals surface area contributed by atoms with Crippen LogP contribution in [-0.2, 0) is 14.6 Å². The van der Waals surface area contributed by atoms with Crippen LogP contribution in [0, 0.1) is 13.8 Å². The summed E-state index contributed by atoms with van der Waals surface area (Å²) >= 11 is 0. The molecule has 27 heavy (non-hydrogen) atoms. The van der Waals surface area contributed by atoms with Crippen LogP contribution >= 0.6 is 0 Å². The van der Waals surface area contributed by atoms with Gasteiger partial charge in [0.1, 0.15) is 5.75 Å². The van der Waals surface area contributed by atoms with Crippen LogP contribution in [-0.4, -0.2) is 48.0 Å². The number of ketones is 1. The second-order valence-electron chi connectivity index (χ2n) is 6.76. The van der Waals surface area contributed by atoms with Crippen molar-refractivity contribution in [2.75, 3.05) is 18.1 Å². The van der Waals surface area contributed by atoms with Crippen LogP contribution in [0.2, 0.25) is 0 Å². The molecule has 0 spiro atoms. The van der Waals surface area contributed by atoms with E-state index in [0.29, 0.717) is 17.7 Å². The van der Waals surface area contributed by atoms with Gasteiger partial charge in [0.25, 0.3) is 0 Å². The predicted octanol–water partition coefficient (Wildman–Crippen LogP) is 2.21. The molecule has 0 unspecified atom stereocenters. The monoisotopic (exact) mass is 391 g/mol. The lowest BCUT2D eigenvalue weighted by atomic mass is 10.1. The maximum Gasteiger partial charge on any atom is 0.338 e. The van der Waals surface area contributed by atoms with Crippen molar-refractivity contribution in [3.8, 4) is 5.75 Å². The highest BCUT2D eigenvalue weighted by Crippen LogP contribution is 2.29. The van der Waals surface area contributed by atoms with Gasteiger partial charge in [0, 0.05) is 23.0 Å². The Morgan fingerprint density at radius 1 is 1.26 bits per heavy atom. The number of hydrogen-bond donors (Lipinski definition) is 1. The number of aromatic hydroxyl groups is 1. The number of nitrogens with zero attached hydrogens (tertiary/aromatic N) is 1. The molecule has 1 aromatic heterocycles. The molecule has 0 amide bonds. The first-order chi connectivity index (χ1) is 12.7. The fourth-order valence-electron chi connectivity index (χ4n) is 3.53. The molecular formula is C19H21NO6S. The summed E-state index contributed by atoms with van der Waals surface area (Å²) in [5.41, 5.74) is 2.05. The molecule has 2 heterocycles. The highest BCUT2D eigenvalue weighted by molar-refractivity contribution is 7.91. The van der Waals surface area contributed by atoms with Crippen LogP contribution < -0.4 is 0 Å². The molecule has 3 rings (SSSR count). The molecule has 8 heteroatoms. The third kappa shape index (κ3) is 4.05. The number of aromatic nitrogens is 1. The molecule has 1 atom stereocenters. The Kier molecular flexibility index (Phi) is 5.10. The van der Waals surface area contributed by atoms with Crippen molar-refractivity contribution in [1.82, 2.24) is 4.57 Å². The Morgan fingerprint density at radius 2 is 2.00 bits per heavy atom. The van der Waals surface area contributed by atoms with Gasteiger partial charge < -0.3 is 14.4 Å². The molecule has 0 saturated carbocycles. The smallest absolute Gasteiger partial charge is 0.338 e. The molecule has 0 aliphatic carbocycles. The number of carbonyl (C=O) groups is 2. The SMILES string of the molecule is Cc1cc(C(=O)COC(=O)c2cccc(O)c2)c(C)n1[C@H]1CCS(=O)(=O)C1. The van der Waals surface area contributed by atoms with Crippen LogP contribution in [0.15, 0.2) is 30.3 Å². The van der Waals surface area contributed by atoms with Crippen molar-refractivity contribution in [3.05, 3.63) is 52.8 Å². The standard InChI is InChI=1S/C19H21NO6S/c1-12-8-17(13(2)20(12)15-6-7-27(24,25)11-15)18(22)10-26-19(23)14-4-3-5-16(21)9-14/h3-5,8-9,15,21H,6-7,10-11H2,1-2H3/t15-/m0/s1. The topological polar surface area (TPSA) is 103 Å². The normalized spacial score (nSPS) is 18.4. The van der Waals surface area contributed by atoms with E-state index in [0.717, 1.165) is 5.69 Å². The van der Waals surface area contributed by atoms with Crippen molar-refractivity contribution in [2.45, 2.75) is 26.3 Å². The fraction of sp³-hybridized carbons (Fsp3) is 0.368. The summed E-state index contributed by atoms with van der Waals surface area (Å²) in [5, 5.41) is 9.41. The third-order valence-corrected chi connectivity index (χ3v) is 6.52. The second-order valence-corrected chi connectivity index (χ2v) is 8.99. The molecule has 7 nitrogen and oxygen atoms in total. The van der Waals surface area contributed by atoms with Gasteiger partial charge in [-0.15, -0.1) is 0 Å². The van der Waals surface area contributed by atoms with E-state index in [-0.39, 0.29) is 34.6 Å². The largest absolute Gasteiger partial charge is 0.508 e. The summed E-state index contributed by atoms with van der Waals surface area (Å²) in [4.78, 5) is 24.5. The second kappa shape index (κ2) is 7.19. The summed E-state index contributed by atoms with van der Waals surface area (Å²) in [7, 11) is -3.04. The van der Waals surface area contributed by atoms with Crippen molar-refractivity contribution >= 4 is 21.6 Å². The molecule has 1 fully saturated rings. The van der Waals surface area contributed by atoms with Crippen molar-refractivity contribution < 1.29 is 27.9 Å². The zero-order valence-electron chi connectivity index (χ0n) is 15.1. The quantitative estimate of drug-likeness (QED) is 0.619. The first-order valence-corrected chi connectivity index (χ1v) is 10.4. The number of hydrogen-bond acceptors (Lipinski definition) is 6. The van der Waals surface area contributed by atoms with Crippen molar-refractivity contribution in [1.29, 1.82) is 0 Å². The molecule has 1 aliphatic rings. The molecule has 1 saturated heterocycles. The zero-order chi connectivity index (χ0) is 19.8. The van der Waals surface area contributed by atoms with Crippen molar-refractivity contribution in [3.63, 3.8) is 0 Å². The van der Waals surface area contributed by atoms with Gasteiger partial charge in [-0.05, 0) is 44.5 Å². The van der Waals surface area contributed by atoms with E-state index in [1.165, 1.54) is 24.3 Å². The van der Waals surface area contributed by atoms with E-state index in [1.54, 1.807) is 13.0 Å². The van der Waals surface area contributed by atoms with Crippen LogP contribution in [0.5, 0.6) is 5.75 Å². The van der Waals surface area contributed by atoms with E-state index in [9.17, 15) is 23.1 Å². The molecule has 1 aromatic carbocycles. The number of carbonyl (C=O) groups excluding carboxylic acids is 2. The molecule has 144 valence electrons. The lowest BCUT2D eigenvalue weighted by molar-refractivity contribution is 0.0474. The number of ether oxygens (including phenoxy) is 1. The fourth-order valence-corrected chi connectivity index (χ4v) is 5.23. The first kappa shape index (κ1) is 19.2. The minimum Gasteiger partial charge on any atom is -0.508 e. The average Bonchev–Trinajstić information content (AvgIpc) is 3.10. The van der Waals surface area contributed by atoms with Crippen LogP contribution in [0.25, 0.3) is 0 Å². The average molecular weight is 391 g/mol. The summed E-state index contributed by atoms with van der Waals surface area (Å²) < 4.78 is 30.5. The van der Waals surface area contributed by atoms with Crippen LogP contribution in [0.1, 0.15) is 44.6 Å². The molecule has 1 N–H and O–H groups in total. The first-order valence-electron chi connectivity index (χ1n) is 8.56. The van der Waals surface area contributed by atoms with E-state index in [4.69, 9.17) is 4.74 Å². The van der Waals surface area contributed by atoms with E-state index >= 15 is 0 Å². The highest BCUT2D eigenvalue weighted by atomic mass is 32.2. The van der Waals surface area contributed by atoms with Gasteiger partial charge in [-0.2, -0.15) is 0 Å². The Hall–Kier alpha value is -2.61. The summed E-state index contributed by atoms with van der Waals surface area (Å²) in [6, 6.07) is 7.21. The van der Waals surface area contributed by atoms with Gasteiger partial charge in [-0.3, -0.25) is 4.79 Å². The summed E-state index contributed by atoms with van der Waals surface area (Å²) in [6.45, 7) is 3.16. The number of Topliss-reactive ketones (excluding diaryl/α,β-unsaturated/α-hetero) is 1. The van der Waals surface area contributed by atoms with E-state index in [1.807, 2.05) is 11.5 Å². The maximum atomic E-state index is 12.5. The lowest BCUT2D eigenvalue weighted by Gasteiger charge is -2.16. The van der Waals surface area contributed by atoms with Gasteiger partial charge in [-0.1, -0.05) is 6.07 Å². The van der Waals surface area contributed by atoms with E-state index < -0.39 is 22.4 Å². The van der Waals surface area contributed by atoms with Crippen LogP contribution in [0.3, 0.4) is 0 Å². The van der Waals surface area contributed by atoms with E-state index in [2.05, 4.69) is 0 Å². The molecule has 1 aliphatic heterocycles. The van der Waals surface area contributed by atoms with Crippen LogP contribution in [0.4, 0.5) is 0 Å². The van der Waals surface area contributed by atoms with Gasteiger partial charge in [0.2, 0.25) is 5.78 Å². The minimum absolute atomic E-state index is 0.0640. The molecule has 2 aromatic rings. The number of phenolic OH excluding ortho intramolecular Hbond substituents is 1. The summed E-state index contributed by atoms with van der Waals surface area (Å²) in [5.74, 6) is -0.896.